The van der Waals surface area contributed by atoms with Crippen LogP contribution in [0.2, 0.25) is 0 Å². The van der Waals surface area contributed by atoms with Gasteiger partial charge in [-0.15, -0.1) is 34.8 Å². The van der Waals surface area contributed by atoms with Crippen LogP contribution in [-0.2, 0) is 105 Å². The Balaban J connectivity index is 0.000000207. The van der Waals surface area contributed by atoms with Gasteiger partial charge < -0.3 is 89.4 Å². The lowest BCUT2D eigenvalue weighted by Crippen LogP contribution is -2.26. The number of imidazole rings is 3. The Morgan fingerprint density at radius 1 is 0.368 bits per heavy atom. The molecule has 0 saturated heterocycles. The van der Waals surface area contributed by atoms with Crippen LogP contribution in [0.15, 0.2) is 109 Å². The number of nitrogens with zero attached hydrogens (tertiary/aromatic N) is 9. The number of fused-ring (bicyclic) bond motifs is 9. The SMILES string of the molecule is CCCCc1nc2c(N)nc3ccc(CCCOCCCNC(=O)CCl)cc3c2n1Cc1cc(O)ccc1OP(=O)(O)O.CCCCc1nc2c(N)nc3ccc(CCCOCCCNC(=O)CCl)cc3c2n1Cc1cc(OP(=O)(O)O)ccc1O.CCCCc1nc2c(N)nc3ccc(CCCOCCCNC(=O)CCl)cc3c2n1Cc1cc(OP(=O)(O)O)ccc1OP(=O)(O)O. The van der Waals surface area contributed by atoms with Gasteiger partial charge in [0.2, 0.25) is 17.7 Å². The van der Waals surface area contributed by atoms with Gasteiger partial charge in [-0.05, 0) is 185 Å². The van der Waals surface area contributed by atoms with Crippen molar-refractivity contribution >= 4 is 167 Å². The van der Waals surface area contributed by atoms with E-state index in [1.165, 1.54) is 48.5 Å². The first-order chi connectivity index (χ1) is 63.5. The van der Waals surface area contributed by atoms with Crippen LogP contribution in [0.4, 0.5) is 17.5 Å². The number of phenolic OH excluding ortho intramolecular Hbond substituents is 2. The van der Waals surface area contributed by atoms with Crippen molar-refractivity contribution in [2.75, 3.05) is 94.1 Å². The van der Waals surface area contributed by atoms with Crippen molar-refractivity contribution in [3.8, 4) is 34.5 Å². The lowest BCUT2D eigenvalue weighted by Gasteiger charge is -2.17. The first kappa shape index (κ1) is 105. The fourth-order valence-corrected chi connectivity index (χ4v) is 16.7. The maximum Gasteiger partial charge on any atom is 0.524 e. The molecular formula is C87H112Cl3N15O24P4. The Labute approximate surface area is 781 Å². The number of carbonyl (C=O) groups is 3. The number of nitrogens with two attached hydrogens (primary N) is 3. The Bertz CT molecular complexity index is 6230. The number of ether oxygens (including phenoxy) is 3. The van der Waals surface area contributed by atoms with E-state index in [-0.39, 0.29) is 107 Å². The van der Waals surface area contributed by atoms with E-state index in [1.54, 1.807) is 0 Å². The quantitative estimate of drug-likeness (QED) is 0.00956. The largest absolute Gasteiger partial charge is 0.524 e. The lowest BCUT2D eigenvalue weighted by atomic mass is 10.1. The molecule has 0 spiro atoms. The van der Waals surface area contributed by atoms with Gasteiger partial charge in [0.05, 0.1) is 52.7 Å². The fourth-order valence-electron chi connectivity index (χ4n) is 14.7. The Kier molecular flexibility index (Phi) is 39.4. The van der Waals surface area contributed by atoms with Crippen molar-refractivity contribution in [3.05, 3.63) is 160 Å². The average molecular weight is 1980 g/mol. The standard InChI is InChI=1S/C29H38ClN5O10P2.2C29H37ClN5O7P/c1-2-3-7-25-34-27-28(35(25)18-20-16-21(44-46(37,38)39)9-11-24(20)45-47(40,41)42)22-15-19(8-10-23(22)33-29(27)31)6-4-13-43-14-5-12-32-26(36)17-30;1-2-3-7-25-34-27-28(35(25)18-20-16-21(9-11-24(20)36)42-43(38,39)40)22-15-19(8-10-23(22)33-29(27)31)6-4-13-41-14-5-12-32-26(37)17-30;1-2-3-7-25-34-27-28(35(25)18-20-16-21(36)9-11-24(20)42-43(38,39)40)22-15-19(8-10-23(22)33-29(27)31)6-4-13-41-14-5-12-32-26(37)17-30/h8-11,15-16H,2-7,12-14,17-18H2,1H3,(H2,31,33)(H,32,36)(H2,37,38,39)(H2,40,41,42);2*8-11,15-16,36H,2-7,12-14,17-18H2,1H3,(H2,31,33)(H,32,37)(H2,38,39,40). The van der Waals surface area contributed by atoms with E-state index in [2.05, 4.69) is 56.9 Å². The summed E-state index contributed by atoms with van der Waals surface area (Å²) in [4.78, 5) is 137. The normalized spacial score (nSPS) is 11.9. The summed E-state index contributed by atoms with van der Waals surface area (Å²) in [7, 11) is -19.6. The third-order valence-corrected chi connectivity index (χ3v) is 23.3. The second kappa shape index (κ2) is 49.9. The summed E-state index contributed by atoms with van der Waals surface area (Å²) in [6.45, 7) is 11.2. The van der Waals surface area contributed by atoms with Crippen molar-refractivity contribution in [1.82, 2.24) is 59.6 Å². The molecule has 0 aliphatic carbocycles. The highest BCUT2D eigenvalue weighted by Gasteiger charge is 2.29. The summed E-state index contributed by atoms with van der Waals surface area (Å²) in [5, 5.41) is 31.4. The molecule has 0 bridgehead atoms. The van der Waals surface area contributed by atoms with E-state index in [4.69, 9.17) is 99.3 Å². The zero-order chi connectivity index (χ0) is 96.2. The molecule has 720 valence electrons. The van der Waals surface area contributed by atoms with Crippen LogP contribution >= 0.6 is 66.1 Å². The van der Waals surface area contributed by atoms with Crippen LogP contribution in [0.3, 0.4) is 0 Å². The van der Waals surface area contributed by atoms with E-state index in [0.717, 1.165) is 132 Å². The predicted octanol–water partition coefficient (Wildman–Crippen LogP) is 13.1. The number of phenols is 2. The fraction of sp³-hybridized carbons (Fsp3) is 0.414. The number of alkyl halides is 3. The predicted molar refractivity (Wildman–Crippen MR) is 507 cm³/mol. The number of benzene rings is 6. The number of aromatic nitrogens is 9. The molecule has 0 fully saturated rings. The number of hydrogen-bond donors (Lipinski definition) is 16. The number of aromatic hydroxyl groups is 2. The van der Waals surface area contributed by atoms with Crippen molar-refractivity contribution in [3.63, 3.8) is 0 Å². The molecule has 46 heteroatoms. The third kappa shape index (κ3) is 31.8. The van der Waals surface area contributed by atoms with Gasteiger partial charge in [0.25, 0.3) is 0 Å². The van der Waals surface area contributed by atoms with Crippen LogP contribution in [0.5, 0.6) is 34.5 Å². The van der Waals surface area contributed by atoms with Gasteiger partial charge in [-0.3, -0.25) is 53.5 Å². The molecule has 6 aromatic carbocycles. The van der Waals surface area contributed by atoms with Crippen LogP contribution in [0.25, 0.3) is 65.8 Å². The van der Waals surface area contributed by atoms with Crippen LogP contribution in [0.1, 0.15) is 149 Å². The summed E-state index contributed by atoms with van der Waals surface area (Å²) in [6, 6.07) is 29.5. The highest BCUT2D eigenvalue weighted by atomic mass is 35.5. The second-order valence-corrected chi connectivity index (χ2v) is 36.6. The van der Waals surface area contributed by atoms with Gasteiger partial charge >= 0.3 is 31.3 Å². The number of aryl methyl sites for hydroxylation is 6. The maximum absolute atomic E-state index is 11.8. The third-order valence-electron chi connectivity index (χ3n) is 20.8. The number of phosphoric ester groups is 4. The molecule has 19 N–H and O–H groups in total. The van der Waals surface area contributed by atoms with Crippen LogP contribution in [0, 0.1) is 0 Å². The first-order valence-corrected chi connectivity index (χ1v) is 50.9. The zero-order valence-electron chi connectivity index (χ0n) is 73.6. The van der Waals surface area contributed by atoms with Crippen molar-refractivity contribution in [2.24, 2.45) is 0 Å². The summed E-state index contributed by atoms with van der Waals surface area (Å²) >= 11 is 16.4. The molecular weight excluding hydrogens is 1870 g/mol. The molecule has 0 aliphatic heterocycles. The van der Waals surface area contributed by atoms with E-state index in [0.29, 0.717) is 166 Å². The van der Waals surface area contributed by atoms with Crippen molar-refractivity contribution < 1.29 is 114 Å². The van der Waals surface area contributed by atoms with E-state index in [1.807, 2.05) is 63.1 Å². The molecule has 3 amide bonds. The molecule has 39 nitrogen and oxygen atoms in total. The minimum absolute atomic E-state index is 0.0390. The number of hydrogen-bond acceptors (Lipinski definition) is 25. The van der Waals surface area contributed by atoms with Crippen LogP contribution in [-0.4, -0.2) is 188 Å². The topological polar surface area (TPSA) is 593 Å². The maximum atomic E-state index is 11.8. The van der Waals surface area contributed by atoms with E-state index < -0.39 is 31.3 Å². The molecule has 6 aromatic heterocycles. The Morgan fingerprint density at radius 2 is 0.677 bits per heavy atom. The number of amides is 3. The van der Waals surface area contributed by atoms with Gasteiger partial charge in [0.1, 0.15) is 86.2 Å². The molecule has 0 aliphatic rings. The summed E-state index contributed by atoms with van der Waals surface area (Å²) in [5.41, 5.74) is 29.0. The smallest absolute Gasteiger partial charge is 0.508 e. The lowest BCUT2D eigenvalue weighted by molar-refractivity contribution is -0.119. The monoisotopic (exact) mass is 1980 g/mol. The molecule has 0 radical (unpaired) electrons. The highest BCUT2D eigenvalue weighted by Crippen LogP contribution is 2.46. The number of nitrogen functional groups attached to an aromatic ring is 3. The number of pyridine rings is 3. The molecule has 0 unspecified atom stereocenters. The zero-order valence-corrected chi connectivity index (χ0v) is 79.4. The molecule has 0 saturated carbocycles. The molecule has 6 heterocycles. The number of rotatable bonds is 50. The van der Waals surface area contributed by atoms with E-state index in [9.17, 15) is 82.0 Å². The van der Waals surface area contributed by atoms with Gasteiger partial charge in [-0.25, -0.2) is 48.2 Å². The number of unbranched alkanes of at least 4 members (excludes halogenated alkanes) is 3. The number of phosphoric acid groups is 4. The summed E-state index contributed by atoms with van der Waals surface area (Å²) in [6.07, 6.45) is 13.8. The summed E-state index contributed by atoms with van der Waals surface area (Å²) < 4.78 is 88.8. The second-order valence-electron chi connectivity index (χ2n) is 31.1. The van der Waals surface area contributed by atoms with Gasteiger partial charge in [0, 0.05) is 111 Å². The minimum Gasteiger partial charge on any atom is -0.508 e. The average Bonchev–Trinajstić information content (AvgIpc) is 1.62. The first-order valence-electron chi connectivity index (χ1n) is 43.2. The number of anilines is 3. The van der Waals surface area contributed by atoms with Gasteiger partial charge in [-0.2, -0.15) is 0 Å². The number of carbonyl (C=O) groups excluding carboxylic acids is 3. The molecule has 12 aromatic rings. The minimum atomic E-state index is -5.00. The number of halogens is 3. The summed E-state index contributed by atoms with van der Waals surface area (Å²) in [5.74, 6) is 1.51. The molecule has 0 atom stereocenters. The van der Waals surface area contributed by atoms with Crippen molar-refractivity contribution in [2.45, 2.75) is 156 Å². The van der Waals surface area contributed by atoms with Gasteiger partial charge in [-0.1, -0.05) is 58.2 Å². The number of nitrogens with one attached hydrogen (secondary N) is 3. The molecule has 12 rings (SSSR count). The van der Waals surface area contributed by atoms with E-state index >= 15 is 0 Å². The Hall–Kier alpha value is -10.1. The van der Waals surface area contributed by atoms with Crippen LogP contribution < -0.4 is 51.2 Å². The Morgan fingerprint density at radius 3 is 1.01 bits per heavy atom. The van der Waals surface area contributed by atoms with Crippen molar-refractivity contribution in [1.29, 1.82) is 0 Å². The van der Waals surface area contributed by atoms with Gasteiger partial charge in [0.15, 0.2) is 17.5 Å². The highest BCUT2D eigenvalue weighted by molar-refractivity contribution is 7.47. The molecule has 133 heavy (non-hydrogen) atoms.